The second kappa shape index (κ2) is 10.1. The molecular formula is C23H35FO4. The molecule has 0 saturated carbocycles. The molecule has 28 heavy (non-hydrogen) atoms. The first-order valence-electron chi connectivity index (χ1n) is 11.0. The van der Waals surface area contributed by atoms with E-state index in [1.807, 2.05) is 6.07 Å². The number of rotatable bonds is 11. The van der Waals surface area contributed by atoms with Gasteiger partial charge in [0.25, 0.3) is 0 Å². The minimum absolute atomic E-state index is 0.0764. The molecule has 1 aromatic carbocycles. The Kier molecular flexibility index (Phi) is 7.86. The molecule has 1 aromatic rings. The van der Waals surface area contributed by atoms with Crippen LogP contribution >= 0.6 is 0 Å². The van der Waals surface area contributed by atoms with Crippen LogP contribution in [0.1, 0.15) is 77.7 Å². The normalized spacial score (nSPS) is 32.0. The molecule has 2 aliphatic rings. The molecule has 2 saturated heterocycles. The van der Waals surface area contributed by atoms with Crippen LogP contribution in [0, 0.1) is 5.82 Å². The van der Waals surface area contributed by atoms with Gasteiger partial charge in [-0.3, -0.25) is 0 Å². The first-order chi connectivity index (χ1) is 13.6. The molecular weight excluding hydrogens is 359 g/mol. The summed E-state index contributed by atoms with van der Waals surface area (Å²) in [6, 6.07) is 6.75. The highest BCUT2D eigenvalue weighted by molar-refractivity contribution is 5.16. The summed E-state index contributed by atoms with van der Waals surface area (Å²) >= 11 is 0. The Bertz CT molecular complexity index is 610. The summed E-state index contributed by atoms with van der Waals surface area (Å²) in [6.07, 6.45) is 6.94. The van der Waals surface area contributed by atoms with Crippen molar-refractivity contribution >= 4 is 0 Å². The van der Waals surface area contributed by atoms with E-state index in [2.05, 4.69) is 20.8 Å². The van der Waals surface area contributed by atoms with Crippen molar-refractivity contribution in [2.24, 2.45) is 0 Å². The smallest absolute Gasteiger partial charge is 0.190 e. The van der Waals surface area contributed by atoms with Crippen molar-refractivity contribution < 1.29 is 23.3 Å². The predicted molar refractivity (Wildman–Crippen MR) is 106 cm³/mol. The molecule has 5 heteroatoms. The topological polar surface area (TPSA) is 36.9 Å². The van der Waals surface area contributed by atoms with Crippen molar-refractivity contribution in [1.82, 2.24) is 0 Å². The van der Waals surface area contributed by atoms with Gasteiger partial charge in [0.15, 0.2) is 12.1 Å². The van der Waals surface area contributed by atoms with Gasteiger partial charge in [-0.2, -0.15) is 0 Å². The third-order valence-corrected chi connectivity index (χ3v) is 5.72. The van der Waals surface area contributed by atoms with E-state index >= 15 is 0 Å². The minimum Gasteiger partial charge on any atom is -0.368 e. The molecule has 2 heterocycles. The fourth-order valence-corrected chi connectivity index (χ4v) is 4.23. The maximum absolute atomic E-state index is 14.0. The van der Waals surface area contributed by atoms with Gasteiger partial charge in [-0.05, 0) is 18.9 Å². The van der Waals surface area contributed by atoms with E-state index in [9.17, 15) is 4.39 Å². The van der Waals surface area contributed by atoms with E-state index in [1.54, 1.807) is 12.1 Å². The van der Waals surface area contributed by atoms with Crippen molar-refractivity contribution in [3.05, 3.63) is 35.6 Å². The second-order valence-electron chi connectivity index (χ2n) is 8.02. The molecule has 2 fully saturated rings. The summed E-state index contributed by atoms with van der Waals surface area (Å²) in [6.45, 7) is 6.69. The molecule has 0 aliphatic carbocycles. The molecule has 2 aliphatic heterocycles. The Morgan fingerprint density at radius 2 is 1.79 bits per heavy atom. The maximum atomic E-state index is 14.0. The van der Waals surface area contributed by atoms with E-state index in [-0.39, 0.29) is 30.7 Å². The molecule has 0 bridgehead atoms. The van der Waals surface area contributed by atoms with Gasteiger partial charge in [-0.1, -0.05) is 64.7 Å². The Labute approximate surface area is 168 Å². The predicted octanol–water partition coefficient (Wildman–Crippen LogP) is 5.73. The number of hydrogen-bond acceptors (Lipinski definition) is 4. The Balaban J connectivity index is 1.71. The summed E-state index contributed by atoms with van der Waals surface area (Å²) in [5, 5.41) is 0. The van der Waals surface area contributed by atoms with Crippen LogP contribution in [0.3, 0.4) is 0 Å². The van der Waals surface area contributed by atoms with Crippen molar-refractivity contribution in [2.45, 2.75) is 109 Å². The molecule has 3 rings (SSSR count). The van der Waals surface area contributed by atoms with Gasteiger partial charge in [0.2, 0.25) is 0 Å². The van der Waals surface area contributed by atoms with Crippen LogP contribution in [0.5, 0.6) is 0 Å². The highest BCUT2D eigenvalue weighted by atomic mass is 19.1. The number of hydrogen-bond donors (Lipinski definition) is 0. The quantitative estimate of drug-likeness (QED) is 0.480. The lowest BCUT2D eigenvalue weighted by Gasteiger charge is -2.31. The van der Waals surface area contributed by atoms with E-state index in [0.717, 1.165) is 51.4 Å². The molecule has 0 aromatic heterocycles. The molecule has 158 valence electrons. The average Bonchev–Trinajstić information content (AvgIpc) is 3.19. The van der Waals surface area contributed by atoms with Crippen LogP contribution in [0.15, 0.2) is 24.3 Å². The monoisotopic (exact) mass is 394 g/mol. The maximum Gasteiger partial charge on any atom is 0.190 e. The molecule has 4 nitrogen and oxygen atoms in total. The zero-order chi connectivity index (χ0) is 20.0. The van der Waals surface area contributed by atoms with Crippen LogP contribution in [-0.2, 0) is 25.6 Å². The SMILES string of the molecule is CCCC[C@H]1O[C@@H]2OC(CCC)(CCCC)O[C@@H]2[C@H]1OCc1ccccc1F. The highest BCUT2D eigenvalue weighted by Gasteiger charge is 2.57. The number of unbranched alkanes of at least 4 members (excludes halogenated alkanes) is 2. The molecule has 5 atom stereocenters. The Morgan fingerprint density at radius 3 is 2.50 bits per heavy atom. The number of ether oxygens (including phenoxy) is 4. The fraction of sp³-hybridized carbons (Fsp3) is 0.739. The number of benzene rings is 1. The van der Waals surface area contributed by atoms with Gasteiger partial charge in [-0.15, -0.1) is 0 Å². The van der Waals surface area contributed by atoms with Crippen molar-refractivity contribution in [3.8, 4) is 0 Å². The third kappa shape index (κ3) is 4.93. The largest absolute Gasteiger partial charge is 0.368 e. The second-order valence-corrected chi connectivity index (χ2v) is 8.02. The summed E-state index contributed by atoms with van der Waals surface area (Å²) in [4.78, 5) is 0. The van der Waals surface area contributed by atoms with Gasteiger partial charge < -0.3 is 18.9 Å². The van der Waals surface area contributed by atoms with Gasteiger partial charge in [0.1, 0.15) is 18.0 Å². The lowest BCUT2D eigenvalue weighted by molar-refractivity contribution is -0.244. The van der Waals surface area contributed by atoms with E-state index in [1.165, 1.54) is 6.07 Å². The fourth-order valence-electron chi connectivity index (χ4n) is 4.23. The number of fused-ring (bicyclic) bond motifs is 1. The van der Waals surface area contributed by atoms with Gasteiger partial charge in [0, 0.05) is 18.4 Å². The van der Waals surface area contributed by atoms with E-state index < -0.39 is 12.1 Å². The molecule has 0 amide bonds. The van der Waals surface area contributed by atoms with Crippen molar-refractivity contribution in [3.63, 3.8) is 0 Å². The zero-order valence-electron chi connectivity index (χ0n) is 17.5. The van der Waals surface area contributed by atoms with Gasteiger partial charge in [0.05, 0.1) is 12.7 Å². The lowest BCUT2D eigenvalue weighted by atomic mass is 10.0. The van der Waals surface area contributed by atoms with E-state index in [4.69, 9.17) is 18.9 Å². The van der Waals surface area contributed by atoms with Gasteiger partial charge in [-0.25, -0.2) is 4.39 Å². The first-order valence-corrected chi connectivity index (χ1v) is 11.0. The van der Waals surface area contributed by atoms with Gasteiger partial charge >= 0.3 is 0 Å². The van der Waals surface area contributed by atoms with Crippen LogP contribution in [0.25, 0.3) is 0 Å². The molecule has 1 unspecified atom stereocenters. The Morgan fingerprint density at radius 1 is 1.00 bits per heavy atom. The number of halogens is 1. The van der Waals surface area contributed by atoms with Crippen molar-refractivity contribution in [2.75, 3.05) is 0 Å². The van der Waals surface area contributed by atoms with Crippen LogP contribution in [-0.4, -0.2) is 30.4 Å². The molecule has 0 N–H and O–H groups in total. The Hall–Kier alpha value is -1.01. The van der Waals surface area contributed by atoms with E-state index in [0.29, 0.717) is 5.56 Å². The van der Waals surface area contributed by atoms with Crippen LogP contribution in [0.4, 0.5) is 4.39 Å². The summed E-state index contributed by atoms with van der Waals surface area (Å²) < 4.78 is 39.3. The lowest BCUT2D eigenvalue weighted by Crippen LogP contribution is -2.39. The van der Waals surface area contributed by atoms with Crippen LogP contribution in [0.2, 0.25) is 0 Å². The summed E-state index contributed by atoms with van der Waals surface area (Å²) in [7, 11) is 0. The standard InChI is InChI=1S/C23H35FO4/c1-4-7-13-19-20(25-16-17-11-9-10-12-18(17)24)21-22(26-19)28-23(27-21,14-6-3)15-8-5-2/h9-12,19-22H,4-8,13-16H2,1-3H3/t19-,20+,21-,22-,23?/m1/s1. The summed E-state index contributed by atoms with van der Waals surface area (Å²) in [5.41, 5.74) is 0.560. The summed E-state index contributed by atoms with van der Waals surface area (Å²) in [5.74, 6) is -0.815. The van der Waals surface area contributed by atoms with Crippen molar-refractivity contribution in [1.29, 1.82) is 0 Å². The minimum atomic E-state index is -0.574. The average molecular weight is 395 g/mol. The van der Waals surface area contributed by atoms with Crippen LogP contribution < -0.4 is 0 Å². The molecule has 0 radical (unpaired) electrons. The third-order valence-electron chi connectivity index (χ3n) is 5.72. The first kappa shape index (κ1) is 21.7. The molecule has 0 spiro atoms. The highest BCUT2D eigenvalue weighted by Crippen LogP contribution is 2.44. The zero-order valence-corrected chi connectivity index (χ0v) is 17.5.